The highest BCUT2D eigenvalue weighted by molar-refractivity contribution is 5.34. The zero-order valence-corrected chi connectivity index (χ0v) is 12.3. The molecule has 0 N–H and O–H groups in total. The van der Waals surface area contributed by atoms with E-state index < -0.39 is 81.4 Å². The zero-order chi connectivity index (χ0) is 20.1. The van der Waals surface area contributed by atoms with Crippen molar-refractivity contribution in [1.82, 2.24) is 0 Å². The topological polar surface area (TPSA) is 0 Å². The number of halogens is 11. The van der Waals surface area contributed by atoms with Crippen molar-refractivity contribution in [1.29, 1.82) is 0 Å². The van der Waals surface area contributed by atoms with Gasteiger partial charge < -0.3 is 0 Å². The van der Waals surface area contributed by atoms with E-state index in [4.69, 9.17) is 0 Å². The van der Waals surface area contributed by atoms with Gasteiger partial charge in [-0.2, -0.15) is 0 Å². The highest BCUT2D eigenvalue weighted by Crippen LogP contribution is 2.42. The summed E-state index contributed by atoms with van der Waals surface area (Å²) in [7, 11) is 0. The molecule has 0 amide bonds. The summed E-state index contributed by atoms with van der Waals surface area (Å²) in [6, 6.07) is 0. The molecule has 26 heavy (non-hydrogen) atoms. The standard InChI is InChI=1S/C15H5F11/c1-2-5(16)7(18)3(8(19)6(2)17)9(20)10(21)4-11(22)13(24)15(26)14(25)12(4)23/h9-10H,1H3. The van der Waals surface area contributed by atoms with Crippen molar-refractivity contribution < 1.29 is 48.3 Å². The fourth-order valence-corrected chi connectivity index (χ4v) is 2.16. The predicted octanol–water partition coefficient (Wildman–Crippen LogP) is 5.97. The lowest BCUT2D eigenvalue weighted by atomic mass is 9.96. The van der Waals surface area contributed by atoms with Crippen LogP contribution in [0.1, 0.15) is 29.0 Å². The molecule has 0 aliphatic carbocycles. The summed E-state index contributed by atoms with van der Waals surface area (Å²) in [6.45, 7) is 0.560. The van der Waals surface area contributed by atoms with E-state index in [0.29, 0.717) is 6.92 Å². The van der Waals surface area contributed by atoms with E-state index in [1.807, 2.05) is 0 Å². The minimum absolute atomic E-state index is 0.560. The van der Waals surface area contributed by atoms with Crippen LogP contribution >= 0.6 is 0 Å². The van der Waals surface area contributed by atoms with E-state index >= 15 is 0 Å². The van der Waals surface area contributed by atoms with Crippen molar-refractivity contribution in [3.8, 4) is 0 Å². The summed E-state index contributed by atoms with van der Waals surface area (Å²) in [5.41, 5.74) is -5.85. The lowest BCUT2D eigenvalue weighted by Gasteiger charge is -2.18. The van der Waals surface area contributed by atoms with Gasteiger partial charge in [-0.1, -0.05) is 0 Å². The Morgan fingerprint density at radius 2 is 0.654 bits per heavy atom. The molecule has 2 unspecified atom stereocenters. The minimum atomic E-state index is -3.87. The quantitative estimate of drug-likeness (QED) is 0.342. The van der Waals surface area contributed by atoms with E-state index in [9.17, 15) is 48.3 Å². The third kappa shape index (κ3) is 2.78. The van der Waals surface area contributed by atoms with Crippen LogP contribution in [-0.2, 0) is 0 Å². The lowest BCUT2D eigenvalue weighted by molar-refractivity contribution is 0.148. The van der Waals surface area contributed by atoms with Gasteiger partial charge >= 0.3 is 0 Å². The van der Waals surface area contributed by atoms with Gasteiger partial charge in [-0.15, -0.1) is 0 Å². The molecule has 0 saturated heterocycles. The molecule has 2 aromatic rings. The maximum atomic E-state index is 14.1. The molecule has 0 aliphatic rings. The summed E-state index contributed by atoms with van der Waals surface area (Å²) in [5, 5.41) is 0. The molecule has 0 heterocycles. The molecule has 2 aromatic carbocycles. The molecule has 2 rings (SSSR count). The lowest BCUT2D eigenvalue weighted by Crippen LogP contribution is -2.16. The van der Waals surface area contributed by atoms with Gasteiger partial charge in [0.2, 0.25) is 5.82 Å². The van der Waals surface area contributed by atoms with E-state index in [-0.39, 0.29) is 0 Å². The molecular formula is C15H5F11. The van der Waals surface area contributed by atoms with Gasteiger partial charge in [0.1, 0.15) is 0 Å². The van der Waals surface area contributed by atoms with Crippen LogP contribution in [0.5, 0.6) is 0 Å². The molecule has 142 valence electrons. The Bertz CT molecular complexity index is 759. The van der Waals surface area contributed by atoms with Gasteiger partial charge in [0.15, 0.2) is 58.9 Å². The first-order valence-corrected chi connectivity index (χ1v) is 6.55. The first kappa shape index (κ1) is 20.0. The normalized spacial score (nSPS) is 13.8. The van der Waals surface area contributed by atoms with Gasteiger partial charge in [-0.3, -0.25) is 0 Å². The van der Waals surface area contributed by atoms with E-state index in [2.05, 4.69) is 0 Å². The Balaban J connectivity index is 2.69. The highest BCUT2D eigenvalue weighted by atomic mass is 19.2. The van der Waals surface area contributed by atoms with Crippen molar-refractivity contribution in [2.45, 2.75) is 19.3 Å². The van der Waals surface area contributed by atoms with E-state index in [0.717, 1.165) is 0 Å². The summed E-state index contributed by atoms with van der Waals surface area (Å²) >= 11 is 0. The SMILES string of the molecule is Cc1c(F)c(F)c(C(F)C(F)c2c(F)c(F)c(F)c(F)c2F)c(F)c1F. The molecule has 2 atom stereocenters. The van der Waals surface area contributed by atoms with Gasteiger partial charge in [0.05, 0.1) is 11.1 Å². The van der Waals surface area contributed by atoms with Crippen LogP contribution in [0.2, 0.25) is 0 Å². The van der Waals surface area contributed by atoms with Gasteiger partial charge in [-0.05, 0) is 6.92 Å². The molecule has 0 nitrogen and oxygen atoms in total. The molecule has 0 radical (unpaired) electrons. The average Bonchev–Trinajstić information content (AvgIpc) is 2.61. The Hall–Kier alpha value is -2.33. The first-order chi connectivity index (χ1) is 11.9. The van der Waals surface area contributed by atoms with Gasteiger partial charge in [-0.25, -0.2) is 48.3 Å². The van der Waals surface area contributed by atoms with Crippen LogP contribution in [0.25, 0.3) is 0 Å². The second kappa shape index (κ2) is 6.76. The number of alkyl halides is 2. The summed E-state index contributed by atoms with van der Waals surface area (Å²) in [5.74, 6) is -22.6. The van der Waals surface area contributed by atoms with E-state index in [1.54, 1.807) is 0 Å². The molecule has 0 spiro atoms. The third-order valence-corrected chi connectivity index (χ3v) is 3.57. The van der Waals surface area contributed by atoms with Crippen molar-refractivity contribution in [3.63, 3.8) is 0 Å². The van der Waals surface area contributed by atoms with Crippen molar-refractivity contribution in [3.05, 3.63) is 69.0 Å². The number of hydrogen-bond acceptors (Lipinski definition) is 0. The Morgan fingerprint density at radius 1 is 0.423 bits per heavy atom. The Labute approximate surface area is 137 Å². The van der Waals surface area contributed by atoms with Crippen molar-refractivity contribution in [2.75, 3.05) is 0 Å². The number of rotatable bonds is 3. The molecule has 0 bridgehead atoms. The van der Waals surface area contributed by atoms with Gasteiger partial charge in [0, 0.05) is 5.56 Å². The zero-order valence-electron chi connectivity index (χ0n) is 12.3. The van der Waals surface area contributed by atoms with Crippen LogP contribution in [-0.4, -0.2) is 0 Å². The largest absolute Gasteiger partial charge is 0.238 e. The monoisotopic (exact) mass is 394 g/mol. The molecule has 0 fully saturated rings. The van der Waals surface area contributed by atoms with Crippen molar-refractivity contribution in [2.24, 2.45) is 0 Å². The minimum Gasteiger partial charge on any atom is -0.238 e. The van der Waals surface area contributed by atoms with Crippen LogP contribution < -0.4 is 0 Å². The molecule has 0 saturated carbocycles. The van der Waals surface area contributed by atoms with Crippen LogP contribution in [0, 0.1) is 59.3 Å². The summed E-state index contributed by atoms with van der Waals surface area (Å²) in [4.78, 5) is 0. The molecular weight excluding hydrogens is 389 g/mol. The first-order valence-electron chi connectivity index (χ1n) is 6.55. The van der Waals surface area contributed by atoms with Gasteiger partial charge in [0.25, 0.3) is 0 Å². The average molecular weight is 394 g/mol. The predicted molar refractivity (Wildman–Crippen MR) is 64.9 cm³/mol. The highest BCUT2D eigenvalue weighted by Gasteiger charge is 2.39. The van der Waals surface area contributed by atoms with Crippen LogP contribution in [0.15, 0.2) is 0 Å². The van der Waals surface area contributed by atoms with Crippen LogP contribution in [0.3, 0.4) is 0 Å². The number of benzene rings is 2. The number of hydrogen-bond donors (Lipinski definition) is 0. The Kier molecular flexibility index (Phi) is 5.20. The van der Waals surface area contributed by atoms with Crippen molar-refractivity contribution >= 4 is 0 Å². The maximum absolute atomic E-state index is 14.1. The smallest absolute Gasteiger partial charge is 0.200 e. The second-order valence-electron chi connectivity index (χ2n) is 5.08. The molecule has 11 heteroatoms. The fraction of sp³-hybridized carbons (Fsp3) is 0.200. The Morgan fingerprint density at radius 3 is 0.962 bits per heavy atom. The summed E-state index contributed by atoms with van der Waals surface area (Å²) in [6.07, 6.45) is -7.70. The summed E-state index contributed by atoms with van der Waals surface area (Å²) < 4.78 is 148. The van der Waals surface area contributed by atoms with Crippen LogP contribution in [0.4, 0.5) is 48.3 Å². The second-order valence-corrected chi connectivity index (χ2v) is 5.08. The van der Waals surface area contributed by atoms with E-state index in [1.165, 1.54) is 0 Å². The fourth-order valence-electron chi connectivity index (χ4n) is 2.16. The third-order valence-electron chi connectivity index (χ3n) is 3.57. The molecule has 0 aliphatic heterocycles. The maximum Gasteiger partial charge on any atom is 0.200 e. The molecule has 0 aromatic heterocycles.